The molecular formula is C49H31N5S. The zero-order valence-electron chi connectivity index (χ0n) is 29.5. The van der Waals surface area contributed by atoms with Crippen LogP contribution < -0.4 is 0 Å². The maximum atomic E-state index is 5.22. The Kier molecular flexibility index (Phi) is 8.28. The highest BCUT2D eigenvalue weighted by Gasteiger charge is 2.18. The standard InChI is InChI=1S/C49H31N5S/c1-4-15-32(16-5-1)35-21-12-23-37(29-35)47-52-48(38-24-13-22-36(30-38)33-17-6-2-7-18-33)54-49(53-47)40-26-14-25-39(31-40)46-50-43(34-19-8-3-9-20-34)45-44(51-46)41-27-10-11-28-42(41)55-45/h1-31H. The van der Waals surface area contributed by atoms with Crippen LogP contribution in [0.1, 0.15) is 0 Å². The molecule has 3 heterocycles. The summed E-state index contributed by atoms with van der Waals surface area (Å²) in [5, 5.41) is 1.13. The van der Waals surface area contributed by atoms with E-state index in [0.29, 0.717) is 23.3 Å². The van der Waals surface area contributed by atoms with Gasteiger partial charge in [0.25, 0.3) is 0 Å². The highest BCUT2D eigenvalue weighted by atomic mass is 32.1. The molecule has 5 nitrogen and oxygen atoms in total. The third-order valence-corrected chi connectivity index (χ3v) is 10.9. The molecule has 0 saturated heterocycles. The first kappa shape index (κ1) is 32.5. The van der Waals surface area contributed by atoms with Gasteiger partial charge in [0.05, 0.1) is 15.9 Å². The van der Waals surface area contributed by atoms with Gasteiger partial charge >= 0.3 is 0 Å². The third-order valence-electron chi connectivity index (χ3n) is 9.74. The van der Waals surface area contributed by atoms with Gasteiger partial charge < -0.3 is 0 Å². The molecule has 0 N–H and O–H groups in total. The van der Waals surface area contributed by atoms with Gasteiger partial charge in [0.1, 0.15) is 0 Å². The predicted octanol–water partition coefficient (Wildman–Crippen LogP) is 12.7. The Labute approximate surface area is 322 Å². The number of hydrogen-bond acceptors (Lipinski definition) is 6. The number of fused-ring (bicyclic) bond motifs is 3. The smallest absolute Gasteiger partial charge is 0.164 e. The summed E-state index contributed by atoms with van der Waals surface area (Å²) in [5.41, 5.74) is 10.9. The number of rotatable bonds is 7. The van der Waals surface area contributed by atoms with Crippen LogP contribution in [0.2, 0.25) is 0 Å². The Morgan fingerprint density at radius 3 is 1.18 bits per heavy atom. The van der Waals surface area contributed by atoms with Crippen LogP contribution in [0.3, 0.4) is 0 Å². The molecule has 6 heteroatoms. The summed E-state index contributed by atoms with van der Waals surface area (Å²) in [6.07, 6.45) is 0. The van der Waals surface area contributed by atoms with Crippen molar-refractivity contribution in [2.24, 2.45) is 0 Å². The number of aromatic nitrogens is 5. The molecule has 3 aromatic heterocycles. The van der Waals surface area contributed by atoms with Gasteiger partial charge in [0.2, 0.25) is 0 Å². The molecule has 10 rings (SSSR count). The van der Waals surface area contributed by atoms with Gasteiger partial charge in [-0.1, -0.05) is 164 Å². The van der Waals surface area contributed by atoms with Crippen molar-refractivity contribution in [1.29, 1.82) is 0 Å². The zero-order chi connectivity index (χ0) is 36.6. The number of benzene rings is 7. The van der Waals surface area contributed by atoms with Gasteiger partial charge in [0.15, 0.2) is 23.3 Å². The summed E-state index contributed by atoms with van der Waals surface area (Å²) in [6, 6.07) is 64.5. The van der Waals surface area contributed by atoms with E-state index in [-0.39, 0.29) is 0 Å². The second-order valence-electron chi connectivity index (χ2n) is 13.3. The van der Waals surface area contributed by atoms with E-state index in [4.69, 9.17) is 24.9 Å². The van der Waals surface area contributed by atoms with Gasteiger partial charge in [-0.05, 0) is 46.5 Å². The average Bonchev–Trinajstić information content (AvgIpc) is 3.66. The maximum absolute atomic E-state index is 5.22. The summed E-state index contributed by atoms with van der Waals surface area (Å²) in [7, 11) is 0. The van der Waals surface area contributed by atoms with E-state index in [2.05, 4.69) is 158 Å². The monoisotopic (exact) mass is 721 g/mol. The lowest BCUT2D eigenvalue weighted by Gasteiger charge is -2.11. The molecule has 10 aromatic rings. The number of hydrogen-bond donors (Lipinski definition) is 0. The second kappa shape index (κ2) is 14.0. The minimum absolute atomic E-state index is 0.572. The first-order chi connectivity index (χ1) is 27.2. The quantitative estimate of drug-likeness (QED) is 0.164. The molecule has 7 aromatic carbocycles. The summed E-state index contributed by atoms with van der Waals surface area (Å²) in [6.45, 7) is 0. The highest BCUT2D eigenvalue weighted by molar-refractivity contribution is 7.26. The van der Waals surface area contributed by atoms with Crippen molar-refractivity contribution in [2.75, 3.05) is 0 Å². The second-order valence-corrected chi connectivity index (χ2v) is 14.4. The molecule has 0 radical (unpaired) electrons. The van der Waals surface area contributed by atoms with E-state index >= 15 is 0 Å². The number of nitrogens with zero attached hydrogens (tertiary/aromatic N) is 5. The van der Waals surface area contributed by atoms with Crippen molar-refractivity contribution in [3.05, 3.63) is 188 Å². The number of thiophene rings is 1. The van der Waals surface area contributed by atoms with E-state index in [0.717, 1.165) is 71.4 Å². The highest BCUT2D eigenvalue weighted by Crippen LogP contribution is 2.40. The van der Waals surface area contributed by atoms with Crippen LogP contribution in [0.4, 0.5) is 0 Å². The maximum Gasteiger partial charge on any atom is 0.164 e. The molecule has 0 aliphatic carbocycles. The molecule has 0 spiro atoms. The Bertz CT molecular complexity index is 2880. The van der Waals surface area contributed by atoms with Crippen molar-refractivity contribution in [3.63, 3.8) is 0 Å². The van der Waals surface area contributed by atoms with E-state index < -0.39 is 0 Å². The van der Waals surface area contributed by atoms with Gasteiger partial charge in [-0.15, -0.1) is 11.3 Å². The summed E-state index contributed by atoms with van der Waals surface area (Å²) in [4.78, 5) is 25.8. The van der Waals surface area contributed by atoms with E-state index in [1.165, 1.54) is 4.70 Å². The van der Waals surface area contributed by atoms with Crippen LogP contribution in [0.5, 0.6) is 0 Å². The third kappa shape index (κ3) is 6.35. The Morgan fingerprint density at radius 1 is 0.291 bits per heavy atom. The molecule has 0 unspecified atom stereocenters. The molecule has 0 atom stereocenters. The lowest BCUT2D eigenvalue weighted by molar-refractivity contribution is 1.07. The molecule has 258 valence electrons. The van der Waals surface area contributed by atoms with Crippen LogP contribution in [0.25, 0.3) is 99.4 Å². The molecule has 0 bridgehead atoms. The normalized spacial score (nSPS) is 11.3. The lowest BCUT2D eigenvalue weighted by atomic mass is 10.0. The minimum atomic E-state index is 0.572. The molecule has 0 fully saturated rings. The molecule has 0 aliphatic heterocycles. The van der Waals surface area contributed by atoms with Crippen LogP contribution >= 0.6 is 11.3 Å². The van der Waals surface area contributed by atoms with Gasteiger partial charge in [-0.25, -0.2) is 24.9 Å². The van der Waals surface area contributed by atoms with Crippen LogP contribution in [0, 0.1) is 0 Å². The first-order valence-corrected chi connectivity index (χ1v) is 19.0. The summed E-state index contributed by atoms with van der Waals surface area (Å²) in [5.74, 6) is 2.42. The SMILES string of the molecule is c1ccc(-c2cccc(-c3nc(-c4cccc(-c5ccccc5)c4)nc(-c4cccc(-c5nc(-c6ccccc6)c6sc7ccccc7c6n5)c4)n3)c2)cc1. The molecule has 0 saturated carbocycles. The molecule has 0 amide bonds. The molecule has 55 heavy (non-hydrogen) atoms. The predicted molar refractivity (Wildman–Crippen MR) is 226 cm³/mol. The topological polar surface area (TPSA) is 64.5 Å². The summed E-state index contributed by atoms with van der Waals surface area (Å²) < 4.78 is 2.27. The van der Waals surface area contributed by atoms with Gasteiger partial charge in [-0.3, -0.25) is 0 Å². The van der Waals surface area contributed by atoms with Crippen molar-refractivity contribution in [1.82, 2.24) is 24.9 Å². The molecule has 0 aliphatic rings. The van der Waals surface area contributed by atoms with Crippen molar-refractivity contribution < 1.29 is 0 Å². The zero-order valence-corrected chi connectivity index (χ0v) is 30.4. The summed E-state index contributed by atoms with van der Waals surface area (Å²) >= 11 is 1.73. The van der Waals surface area contributed by atoms with E-state index in [1.807, 2.05) is 30.3 Å². The average molecular weight is 722 g/mol. The minimum Gasteiger partial charge on any atom is -0.226 e. The molecular weight excluding hydrogens is 691 g/mol. The Hall–Kier alpha value is -7.15. The van der Waals surface area contributed by atoms with Crippen LogP contribution in [-0.2, 0) is 0 Å². The fourth-order valence-corrected chi connectivity index (χ4v) is 8.16. The fourth-order valence-electron chi connectivity index (χ4n) is 7.01. The van der Waals surface area contributed by atoms with Crippen LogP contribution in [0.15, 0.2) is 188 Å². The first-order valence-electron chi connectivity index (χ1n) is 18.2. The largest absolute Gasteiger partial charge is 0.226 e. The van der Waals surface area contributed by atoms with Crippen molar-refractivity contribution >= 4 is 31.6 Å². The van der Waals surface area contributed by atoms with E-state index in [1.54, 1.807) is 11.3 Å². The van der Waals surface area contributed by atoms with Crippen molar-refractivity contribution in [3.8, 4) is 79.1 Å². The lowest BCUT2D eigenvalue weighted by Crippen LogP contribution is -2.01. The van der Waals surface area contributed by atoms with Crippen molar-refractivity contribution in [2.45, 2.75) is 0 Å². The van der Waals surface area contributed by atoms with Gasteiger partial charge in [-0.2, -0.15) is 0 Å². The van der Waals surface area contributed by atoms with Gasteiger partial charge in [0, 0.05) is 37.9 Å². The van der Waals surface area contributed by atoms with E-state index in [9.17, 15) is 0 Å². The Morgan fingerprint density at radius 2 is 0.673 bits per heavy atom. The Balaban J connectivity index is 1.14. The van der Waals surface area contributed by atoms with Crippen LogP contribution in [-0.4, -0.2) is 24.9 Å². The fraction of sp³-hybridized carbons (Fsp3) is 0.